The van der Waals surface area contributed by atoms with Gasteiger partial charge >= 0.3 is 0 Å². The van der Waals surface area contributed by atoms with Gasteiger partial charge in [0.25, 0.3) is 0 Å². The van der Waals surface area contributed by atoms with E-state index in [1.165, 1.54) is 5.56 Å². The fourth-order valence-corrected chi connectivity index (χ4v) is 1.99. The van der Waals surface area contributed by atoms with Crippen molar-refractivity contribution in [2.75, 3.05) is 0 Å². The average molecular weight is 279 g/mol. The molecule has 0 bridgehead atoms. The topological polar surface area (TPSA) is 26.0 Å². The Hall–Kier alpha value is -0.0500. The van der Waals surface area contributed by atoms with Crippen LogP contribution in [0.1, 0.15) is 31.9 Å². The number of hydrogen-bond donors (Lipinski definition) is 1. The maximum Gasteiger partial charge on any atom is 0.0308 e. The van der Waals surface area contributed by atoms with Crippen molar-refractivity contribution >= 4 is 28.3 Å². The van der Waals surface area contributed by atoms with E-state index >= 15 is 0 Å². The summed E-state index contributed by atoms with van der Waals surface area (Å²) < 4.78 is 1.11. The number of rotatable bonds is 3. The predicted molar refractivity (Wildman–Crippen MR) is 67.8 cm³/mol. The van der Waals surface area contributed by atoms with Crippen molar-refractivity contribution in [2.45, 2.75) is 26.3 Å². The second-order valence-electron chi connectivity index (χ2n) is 3.76. The maximum absolute atomic E-state index is 6.07. The zero-order valence-electron chi connectivity index (χ0n) is 8.53. The lowest BCUT2D eigenvalue weighted by molar-refractivity contribution is 0.509. The van der Waals surface area contributed by atoms with E-state index < -0.39 is 0 Å². The zero-order valence-corrected chi connectivity index (χ0v) is 10.9. The van der Waals surface area contributed by atoms with E-state index in [0.29, 0.717) is 5.92 Å². The number of halogens is 2. The van der Waals surface area contributed by atoms with Crippen molar-refractivity contribution in [3.63, 3.8) is 0 Å². The van der Waals surface area contributed by atoms with Crippen molar-refractivity contribution in [2.24, 2.45) is 11.7 Å². The molecule has 1 aromatic rings. The molecule has 0 saturated carbocycles. The highest BCUT2D eigenvalue weighted by Gasteiger charge is 2.10. The molecule has 0 aliphatic rings. The molecule has 2 N–H and O–H groups in total. The molecule has 1 nitrogen and oxygen atoms in total. The van der Waals surface area contributed by atoms with Crippen molar-refractivity contribution in [3.8, 4) is 0 Å². The van der Waals surface area contributed by atoms with E-state index in [1.54, 1.807) is 0 Å². The van der Waals surface area contributed by atoms with Gasteiger partial charge in [-0.25, -0.2) is 0 Å². The van der Waals surface area contributed by atoms with Crippen LogP contribution in [0.5, 0.6) is 0 Å². The smallest absolute Gasteiger partial charge is 0.0308 e. The monoisotopic (exact) mass is 277 g/mol. The molecular weight excluding hydrogens is 261 g/mol. The van der Waals surface area contributed by atoms with Crippen molar-refractivity contribution in [1.29, 1.82) is 0 Å². The lowest BCUT2D eigenvalue weighted by atomic mass is 9.98. The average Bonchev–Trinajstić information content (AvgIpc) is 2.03. The van der Waals surface area contributed by atoms with Crippen molar-refractivity contribution in [3.05, 3.63) is 34.3 Å². The Morgan fingerprint density at radius 2 is 1.86 bits per heavy atom. The minimum atomic E-state index is 0. The zero-order chi connectivity index (χ0) is 9.84. The molecular formula is C11H17BrClN. The molecule has 14 heavy (non-hydrogen) atoms. The summed E-state index contributed by atoms with van der Waals surface area (Å²) in [7, 11) is 0. The molecule has 0 radical (unpaired) electrons. The predicted octanol–water partition coefficient (Wildman–Crippen LogP) is 3.92. The van der Waals surface area contributed by atoms with E-state index in [0.717, 1.165) is 10.9 Å². The molecule has 0 amide bonds. The Bertz CT molecular complexity index is 276. The maximum atomic E-state index is 6.07. The molecule has 3 heteroatoms. The normalized spacial score (nSPS) is 12.4. The van der Waals surface area contributed by atoms with Gasteiger partial charge in [-0.1, -0.05) is 48.0 Å². The summed E-state index contributed by atoms with van der Waals surface area (Å²) in [5, 5.41) is 0. The van der Waals surface area contributed by atoms with E-state index in [4.69, 9.17) is 5.73 Å². The molecule has 0 saturated heterocycles. The number of nitrogens with two attached hydrogens (primary N) is 1. The fraction of sp³-hybridized carbons (Fsp3) is 0.455. The second-order valence-corrected chi connectivity index (χ2v) is 4.61. The van der Waals surface area contributed by atoms with Gasteiger partial charge in [0.15, 0.2) is 0 Å². The van der Waals surface area contributed by atoms with Crippen LogP contribution < -0.4 is 5.73 Å². The first kappa shape index (κ1) is 13.9. The lowest BCUT2D eigenvalue weighted by Crippen LogP contribution is -2.13. The minimum absolute atomic E-state index is 0. The summed E-state index contributed by atoms with van der Waals surface area (Å²) in [5.74, 6) is 0.641. The molecule has 0 unspecified atom stereocenters. The third-order valence-electron chi connectivity index (χ3n) is 2.03. The molecule has 0 aliphatic carbocycles. The number of benzene rings is 1. The Morgan fingerprint density at radius 3 is 2.36 bits per heavy atom. The molecule has 0 heterocycles. The third-order valence-corrected chi connectivity index (χ3v) is 2.75. The summed E-state index contributed by atoms with van der Waals surface area (Å²) in [6.45, 7) is 4.38. The first-order valence-electron chi connectivity index (χ1n) is 4.61. The van der Waals surface area contributed by atoms with Gasteiger partial charge < -0.3 is 5.73 Å². The van der Waals surface area contributed by atoms with Gasteiger partial charge in [-0.2, -0.15) is 0 Å². The molecule has 0 fully saturated rings. The number of hydrogen-bond acceptors (Lipinski definition) is 1. The summed E-state index contributed by atoms with van der Waals surface area (Å²) >= 11 is 3.51. The van der Waals surface area contributed by atoms with Gasteiger partial charge in [-0.15, -0.1) is 12.4 Å². The SMILES string of the molecule is CC(C)C[C@@H](N)c1ccccc1Br.Cl. The summed E-state index contributed by atoms with van der Waals surface area (Å²) in [5.41, 5.74) is 7.27. The molecule has 80 valence electrons. The molecule has 1 rings (SSSR count). The van der Waals surface area contributed by atoms with E-state index in [9.17, 15) is 0 Å². The quantitative estimate of drug-likeness (QED) is 0.891. The fourth-order valence-electron chi connectivity index (χ4n) is 1.41. The highest BCUT2D eigenvalue weighted by atomic mass is 79.9. The Morgan fingerprint density at radius 1 is 1.29 bits per heavy atom. The highest BCUT2D eigenvalue weighted by Crippen LogP contribution is 2.25. The molecule has 0 aliphatic heterocycles. The summed E-state index contributed by atoms with van der Waals surface area (Å²) in [6, 6.07) is 8.30. The van der Waals surface area contributed by atoms with E-state index in [-0.39, 0.29) is 18.4 Å². The Balaban J connectivity index is 0.00000169. The van der Waals surface area contributed by atoms with Crippen LogP contribution in [0.15, 0.2) is 28.7 Å². The van der Waals surface area contributed by atoms with Crippen molar-refractivity contribution in [1.82, 2.24) is 0 Å². The first-order chi connectivity index (χ1) is 6.11. The van der Waals surface area contributed by atoms with Crippen LogP contribution >= 0.6 is 28.3 Å². The van der Waals surface area contributed by atoms with E-state index in [1.807, 2.05) is 18.2 Å². The van der Waals surface area contributed by atoms with Crippen LogP contribution in [0.25, 0.3) is 0 Å². The Labute approximate surface area is 101 Å². The van der Waals surface area contributed by atoms with Gasteiger partial charge in [0, 0.05) is 10.5 Å². The van der Waals surface area contributed by atoms with Gasteiger partial charge in [0.05, 0.1) is 0 Å². The third kappa shape index (κ3) is 3.99. The van der Waals surface area contributed by atoms with Gasteiger partial charge in [-0.05, 0) is 24.0 Å². The van der Waals surface area contributed by atoms with Gasteiger partial charge in [-0.3, -0.25) is 0 Å². The highest BCUT2D eigenvalue weighted by molar-refractivity contribution is 9.10. The van der Waals surface area contributed by atoms with Crippen LogP contribution in [-0.4, -0.2) is 0 Å². The van der Waals surface area contributed by atoms with Crippen LogP contribution in [-0.2, 0) is 0 Å². The lowest BCUT2D eigenvalue weighted by Gasteiger charge is -2.15. The summed E-state index contributed by atoms with van der Waals surface area (Å²) in [4.78, 5) is 0. The van der Waals surface area contributed by atoms with Gasteiger partial charge in [0.1, 0.15) is 0 Å². The van der Waals surface area contributed by atoms with E-state index in [2.05, 4.69) is 35.8 Å². The van der Waals surface area contributed by atoms with Crippen LogP contribution in [0.4, 0.5) is 0 Å². The van der Waals surface area contributed by atoms with Crippen LogP contribution in [0, 0.1) is 5.92 Å². The minimum Gasteiger partial charge on any atom is -0.324 e. The Kier molecular flexibility index (Phi) is 6.41. The molecule has 1 atom stereocenters. The largest absolute Gasteiger partial charge is 0.324 e. The standard InChI is InChI=1S/C11H16BrN.ClH/c1-8(2)7-11(13)9-5-3-4-6-10(9)12;/h3-6,8,11H,7,13H2,1-2H3;1H/t11-;/m1./s1. The van der Waals surface area contributed by atoms with Gasteiger partial charge in [0.2, 0.25) is 0 Å². The van der Waals surface area contributed by atoms with Crippen molar-refractivity contribution < 1.29 is 0 Å². The van der Waals surface area contributed by atoms with Crippen LogP contribution in [0.2, 0.25) is 0 Å². The molecule has 0 spiro atoms. The second kappa shape index (κ2) is 6.44. The molecule has 0 aromatic heterocycles. The first-order valence-corrected chi connectivity index (χ1v) is 5.40. The summed E-state index contributed by atoms with van der Waals surface area (Å²) in [6.07, 6.45) is 1.03. The van der Waals surface area contributed by atoms with Crippen LogP contribution in [0.3, 0.4) is 0 Å². The molecule has 1 aromatic carbocycles.